The fourth-order valence-corrected chi connectivity index (χ4v) is 3.87. The lowest BCUT2D eigenvalue weighted by Gasteiger charge is -2.19. The molecule has 0 radical (unpaired) electrons. The minimum absolute atomic E-state index is 0.0694. The summed E-state index contributed by atoms with van der Waals surface area (Å²) in [5.74, 6) is 0.761. The van der Waals surface area contributed by atoms with Gasteiger partial charge < -0.3 is 4.74 Å². The maximum atomic E-state index is 12.6. The van der Waals surface area contributed by atoms with Crippen molar-refractivity contribution >= 4 is 11.7 Å². The Morgan fingerprint density at radius 3 is 2.71 bits per heavy atom. The maximum Gasteiger partial charge on any atom is 0.318 e. The number of carbonyl (C=O) groups is 1. The van der Waals surface area contributed by atoms with Crippen LogP contribution in [0.2, 0.25) is 0 Å². The van der Waals surface area contributed by atoms with E-state index in [2.05, 4.69) is 46.1 Å². The summed E-state index contributed by atoms with van der Waals surface area (Å²) in [6, 6.07) is 8.90. The van der Waals surface area contributed by atoms with Gasteiger partial charge in [0.05, 0.1) is 19.6 Å². The van der Waals surface area contributed by atoms with Gasteiger partial charge in [0.1, 0.15) is 5.82 Å². The lowest BCUT2D eigenvalue weighted by atomic mass is 10.1. The van der Waals surface area contributed by atoms with Crippen LogP contribution < -0.4 is 9.64 Å². The van der Waals surface area contributed by atoms with Crippen molar-refractivity contribution in [1.29, 1.82) is 0 Å². The van der Waals surface area contributed by atoms with Crippen LogP contribution in [0.25, 0.3) is 0 Å². The molecular formula is C22H28N4O2. The third kappa shape index (κ3) is 4.33. The van der Waals surface area contributed by atoms with E-state index in [1.807, 2.05) is 0 Å². The number of nitrogens with zero attached hydrogens (tertiary/aromatic N) is 4. The van der Waals surface area contributed by atoms with E-state index in [4.69, 9.17) is 4.74 Å². The van der Waals surface area contributed by atoms with E-state index in [9.17, 15) is 4.79 Å². The Labute approximate surface area is 166 Å². The molecule has 1 amide bonds. The molecule has 2 aromatic rings. The topological polar surface area (TPSA) is 58.6 Å². The molecule has 2 aliphatic rings. The first-order valence-electron chi connectivity index (χ1n) is 10.3. The summed E-state index contributed by atoms with van der Waals surface area (Å²) in [7, 11) is 0. The third-order valence-electron chi connectivity index (χ3n) is 5.38. The van der Waals surface area contributed by atoms with Crippen molar-refractivity contribution < 1.29 is 9.53 Å². The van der Waals surface area contributed by atoms with Crippen LogP contribution in [-0.2, 0) is 24.3 Å². The highest BCUT2D eigenvalue weighted by atomic mass is 16.5. The molecule has 6 heteroatoms. The number of aromatic nitrogens is 2. The highest BCUT2D eigenvalue weighted by Gasteiger charge is 2.30. The van der Waals surface area contributed by atoms with Gasteiger partial charge in [-0.2, -0.15) is 4.98 Å². The van der Waals surface area contributed by atoms with Crippen LogP contribution in [-0.4, -0.2) is 40.5 Å². The fraction of sp³-hybridized carbons (Fsp3) is 0.500. The van der Waals surface area contributed by atoms with Crippen molar-refractivity contribution in [1.82, 2.24) is 14.9 Å². The SMILES string of the molecule is CCCCOc1ncc2c(n1)N(Cc1cccc(CN3CCCC3)c1)C(=O)C2. The molecule has 0 unspecified atom stereocenters. The second-order valence-electron chi connectivity index (χ2n) is 7.66. The minimum Gasteiger partial charge on any atom is -0.463 e. The number of hydrogen-bond donors (Lipinski definition) is 0. The Bertz CT molecular complexity index is 833. The number of fused-ring (bicyclic) bond motifs is 1. The number of ether oxygens (including phenoxy) is 1. The van der Waals surface area contributed by atoms with Crippen molar-refractivity contribution in [3.05, 3.63) is 47.2 Å². The Balaban J connectivity index is 1.48. The molecule has 0 bridgehead atoms. The van der Waals surface area contributed by atoms with E-state index in [-0.39, 0.29) is 5.91 Å². The van der Waals surface area contributed by atoms with Crippen LogP contribution in [0.3, 0.4) is 0 Å². The molecule has 148 valence electrons. The number of unbranched alkanes of at least 4 members (excludes halogenated alkanes) is 1. The van der Waals surface area contributed by atoms with E-state index >= 15 is 0 Å². The van der Waals surface area contributed by atoms with E-state index in [0.717, 1.165) is 30.5 Å². The number of anilines is 1. The average Bonchev–Trinajstić information content (AvgIpc) is 3.31. The lowest BCUT2D eigenvalue weighted by Crippen LogP contribution is -2.27. The van der Waals surface area contributed by atoms with Crippen molar-refractivity contribution in [2.75, 3.05) is 24.6 Å². The molecule has 4 rings (SSSR count). The van der Waals surface area contributed by atoms with Crippen molar-refractivity contribution in [2.45, 2.75) is 52.1 Å². The van der Waals surface area contributed by atoms with E-state index in [1.54, 1.807) is 11.1 Å². The normalized spacial score (nSPS) is 16.6. The molecule has 0 N–H and O–H groups in total. The summed E-state index contributed by atoms with van der Waals surface area (Å²) in [4.78, 5) is 25.6. The molecule has 1 fully saturated rings. The zero-order valence-corrected chi connectivity index (χ0v) is 16.6. The minimum atomic E-state index is 0.0694. The number of benzene rings is 1. The molecule has 1 aromatic heterocycles. The monoisotopic (exact) mass is 380 g/mol. The molecular weight excluding hydrogens is 352 g/mol. The van der Waals surface area contributed by atoms with Gasteiger partial charge >= 0.3 is 6.01 Å². The molecule has 0 saturated carbocycles. The predicted molar refractivity (Wildman–Crippen MR) is 108 cm³/mol. The van der Waals surface area contributed by atoms with Gasteiger partial charge in [-0.3, -0.25) is 14.6 Å². The second kappa shape index (κ2) is 8.69. The van der Waals surface area contributed by atoms with Crippen LogP contribution >= 0.6 is 0 Å². The highest BCUT2D eigenvalue weighted by molar-refractivity contribution is 6.00. The Morgan fingerprint density at radius 2 is 1.93 bits per heavy atom. The number of amides is 1. The standard InChI is InChI=1S/C22H28N4O2/c1-2-3-11-28-22-23-14-19-13-20(27)26(21(19)24-22)16-18-8-6-7-17(12-18)15-25-9-4-5-10-25/h6-8,12,14H,2-5,9-11,13,15-16H2,1H3. The van der Waals surface area contributed by atoms with E-state index in [1.165, 1.54) is 31.5 Å². The van der Waals surface area contributed by atoms with Gasteiger partial charge in [0.15, 0.2) is 0 Å². The van der Waals surface area contributed by atoms with Gasteiger partial charge in [-0.15, -0.1) is 0 Å². The predicted octanol–water partition coefficient (Wildman–Crippen LogP) is 3.34. The summed E-state index contributed by atoms with van der Waals surface area (Å²) in [6.45, 7) is 6.59. The molecule has 0 spiro atoms. The number of rotatable bonds is 8. The summed E-state index contributed by atoms with van der Waals surface area (Å²) < 4.78 is 5.63. The first-order valence-corrected chi connectivity index (χ1v) is 10.3. The largest absolute Gasteiger partial charge is 0.463 e. The summed E-state index contributed by atoms with van der Waals surface area (Å²) >= 11 is 0. The molecule has 1 aromatic carbocycles. The molecule has 0 atom stereocenters. The van der Waals surface area contributed by atoms with Gasteiger partial charge in [-0.1, -0.05) is 37.6 Å². The van der Waals surface area contributed by atoms with Crippen LogP contribution in [0.4, 0.5) is 5.82 Å². The number of carbonyl (C=O) groups excluding carboxylic acids is 1. The Kier molecular flexibility index (Phi) is 5.86. The van der Waals surface area contributed by atoms with Crippen LogP contribution in [0.5, 0.6) is 6.01 Å². The zero-order chi connectivity index (χ0) is 19.3. The molecule has 3 heterocycles. The zero-order valence-electron chi connectivity index (χ0n) is 16.6. The van der Waals surface area contributed by atoms with E-state index in [0.29, 0.717) is 31.4 Å². The Morgan fingerprint density at radius 1 is 1.14 bits per heavy atom. The second-order valence-corrected chi connectivity index (χ2v) is 7.66. The molecule has 28 heavy (non-hydrogen) atoms. The smallest absolute Gasteiger partial charge is 0.318 e. The fourth-order valence-electron chi connectivity index (χ4n) is 3.87. The quantitative estimate of drug-likeness (QED) is 0.658. The summed E-state index contributed by atoms with van der Waals surface area (Å²) in [5, 5.41) is 0. The number of hydrogen-bond acceptors (Lipinski definition) is 5. The Hall–Kier alpha value is -2.47. The van der Waals surface area contributed by atoms with Gasteiger partial charge in [-0.05, 0) is 43.5 Å². The van der Waals surface area contributed by atoms with Gasteiger partial charge in [-0.25, -0.2) is 4.98 Å². The first-order chi connectivity index (χ1) is 13.7. The van der Waals surface area contributed by atoms with Crippen LogP contribution in [0.15, 0.2) is 30.5 Å². The maximum absolute atomic E-state index is 12.6. The third-order valence-corrected chi connectivity index (χ3v) is 5.38. The summed E-state index contributed by atoms with van der Waals surface area (Å²) in [5.41, 5.74) is 3.31. The van der Waals surface area contributed by atoms with Crippen molar-refractivity contribution in [2.24, 2.45) is 0 Å². The van der Waals surface area contributed by atoms with Crippen molar-refractivity contribution in [3.8, 4) is 6.01 Å². The number of likely N-dealkylation sites (tertiary alicyclic amines) is 1. The van der Waals surface area contributed by atoms with Gasteiger partial charge in [0, 0.05) is 18.3 Å². The van der Waals surface area contributed by atoms with Crippen molar-refractivity contribution in [3.63, 3.8) is 0 Å². The molecule has 6 nitrogen and oxygen atoms in total. The first kappa shape index (κ1) is 18.9. The molecule has 2 aliphatic heterocycles. The average molecular weight is 380 g/mol. The van der Waals surface area contributed by atoms with Crippen LogP contribution in [0, 0.1) is 0 Å². The van der Waals surface area contributed by atoms with E-state index < -0.39 is 0 Å². The van der Waals surface area contributed by atoms with Crippen LogP contribution in [0.1, 0.15) is 49.3 Å². The lowest BCUT2D eigenvalue weighted by molar-refractivity contribution is -0.117. The molecule has 1 saturated heterocycles. The highest BCUT2D eigenvalue weighted by Crippen LogP contribution is 2.29. The van der Waals surface area contributed by atoms with Gasteiger partial charge in [0.2, 0.25) is 5.91 Å². The summed E-state index contributed by atoms with van der Waals surface area (Å²) in [6.07, 6.45) is 6.70. The molecule has 0 aliphatic carbocycles. The van der Waals surface area contributed by atoms with Gasteiger partial charge in [0.25, 0.3) is 0 Å².